The standard InChI is InChI=1S/C11H23N.CH4O3S/c1-3-4-6-9-12-10-7-5-8-11(12)2;1-5(2,3)4/h11H,3-10H2,1-2H3;1H3,(H,2,3,4). The fraction of sp³-hybridized carbons (Fsp3) is 1.00. The molecule has 5 heteroatoms. The summed E-state index contributed by atoms with van der Waals surface area (Å²) in [6, 6.07) is 0.940. The Labute approximate surface area is 106 Å². The van der Waals surface area contributed by atoms with E-state index in [1.807, 2.05) is 4.90 Å². The number of nitrogens with one attached hydrogen (secondary N) is 1. The van der Waals surface area contributed by atoms with Crippen LogP contribution in [0.1, 0.15) is 52.4 Å². The minimum Gasteiger partial charge on any atom is -0.748 e. The molecule has 0 aliphatic carbocycles. The normalized spacial score (nSPS) is 24.9. The minimum atomic E-state index is -3.92. The summed E-state index contributed by atoms with van der Waals surface area (Å²) < 4.78 is 27.2. The maximum atomic E-state index is 9.08. The summed E-state index contributed by atoms with van der Waals surface area (Å²) in [5, 5.41) is 0. The van der Waals surface area contributed by atoms with Gasteiger partial charge in [-0.3, -0.25) is 0 Å². The van der Waals surface area contributed by atoms with Gasteiger partial charge in [-0.15, -0.1) is 0 Å². The highest BCUT2D eigenvalue weighted by atomic mass is 32.2. The Bertz CT molecular complexity index is 269. The van der Waals surface area contributed by atoms with Crippen molar-refractivity contribution in [2.24, 2.45) is 0 Å². The lowest BCUT2D eigenvalue weighted by atomic mass is 10.0. The van der Waals surface area contributed by atoms with Crippen molar-refractivity contribution in [2.45, 2.75) is 58.4 Å². The maximum absolute atomic E-state index is 9.08. The molecule has 0 aromatic rings. The van der Waals surface area contributed by atoms with Gasteiger partial charge in [0, 0.05) is 6.26 Å². The van der Waals surface area contributed by atoms with Crippen LogP contribution in [0.5, 0.6) is 0 Å². The molecule has 0 spiro atoms. The van der Waals surface area contributed by atoms with Crippen LogP contribution in [0.4, 0.5) is 0 Å². The summed E-state index contributed by atoms with van der Waals surface area (Å²) in [5.74, 6) is 0. The predicted octanol–water partition coefficient (Wildman–Crippen LogP) is 0.795. The quantitative estimate of drug-likeness (QED) is 0.604. The first kappa shape index (κ1) is 16.9. The molecule has 4 nitrogen and oxygen atoms in total. The van der Waals surface area contributed by atoms with Crippen LogP contribution in [0, 0.1) is 0 Å². The van der Waals surface area contributed by atoms with Gasteiger partial charge < -0.3 is 9.45 Å². The average Bonchev–Trinajstić information content (AvgIpc) is 2.19. The zero-order valence-corrected chi connectivity index (χ0v) is 12.2. The third-order valence-electron chi connectivity index (χ3n) is 3.18. The molecule has 104 valence electrons. The lowest BCUT2D eigenvalue weighted by molar-refractivity contribution is -0.928. The van der Waals surface area contributed by atoms with Crippen LogP contribution in [0.15, 0.2) is 0 Å². The Kier molecular flexibility index (Phi) is 8.82. The highest BCUT2D eigenvalue weighted by Crippen LogP contribution is 2.02. The van der Waals surface area contributed by atoms with E-state index >= 15 is 0 Å². The van der Waals surface area contributed by atoms with E-state index in [2.05, 4.69) is 13.8 Å². The Morgan fingerprint density at radius 3 is 2.35 bits per heavy atom. The van der Waals surface area contributed by atoms with Crippen molar-refractivity contribution >= 4 is 10.1 Å². The van der Waals surface area contributed by atoms with E-state index in [0.717, 1.165) is 6.04 Å². The van der Waals surface area contributed by atoms with Crippen molar-refractivity contribution in [2.75, 3.05) is 19.3 Å². The number of piperidine rings is 1. The molecule has 0 radical (unpaired) electrons. The van der Waals surface area contributed by atoms with Gasteiger partial charge in [-0.25, -0.2) is 8.42 Å². The van der Waals surface area contributed by atoms with E-state index in [0.29, 0.717) is 6.26 Å². The van der Waals surface area contributed by atoms with Gasteiger partial charge in [-0.05, 0) is 39.0 Å². The zero-order chi connectivity index (χ0) is 13.3. The molecule has 1 aliphatic rings. The van der Waals surface area contributed by atoms with Crippen LogP contribution < -0.4 is 4.90 Å². The Balaban J connectivity index is 0.000000437. The van der Waals surface area contributed by atoms with Gasteiger partial charge >= 0.3 is 0 Å². The molecule has 0 amide bonds. The lowest BCUT2D eigenvalue weighted by Gasteiger charge is -2.30. The van der Waals surface area contributed by atoms with Gasteiger partial charge in [0.15, 0.2) is 0 Å². The van der Waals surface area contributed by atoms with Crippen molar-refractivity contribution < 1.29 is 17.9 Å². The molecule has 1 rings (SSSR count). The van der Waals surface area contributed by atoms with Gasteiger partial charge in [0.25, 0.3) is 0 Å². The molecule has 2 atom stereocenters. The van der Waals surface area contributed by atoms with Gasteiger partial charge in [0.2, 0.25) is 0 Å². The summed E-state index contributed by atoms with van der Waals surface area (Å²) >= 11 is 0. The zero-order valence-electron chi connectivity index (χ0n) is 11.4. The smallest absolute Gasteiger partial charge is 0.0916 e. The van der Waals surface area contributed by atoms with Crippen molar-refractivity contribution in [1.29, 1.82) is 0 Å². The second-order valence-electron chi connectivity index (χ2n) is 4.97. The Morgan fingerprint density at radius 1 is 1.29 bits per heavy atom. The van der Waals surface area contributed by atoms with Crippen LogP contribution in [0.2, 0.25) is 0 Å². The van der Waals surface area contributed by atoms with Crippen LogP contribution in [-0.2, 0) is 10.1 Å². The van der Waals surface area contributed by atoms with Crippen molar-refractivity contribution in [3.63, 3.8) is 0 Å². The highest BCUT2D eigenvalue weighted by molar-refractivity contribution is 7.84. The fourth-order valence-electron chi connectivity index (χ4n) is 2.23. The number of hydrogen-bond acceptors (Lipinski definition) is 3. The molecule has 1 saturated heterocycles. The summed E-state index contributed by atoms with van der Waals surface area (Å²) in [4.78, 5) is 1.87. The lowest BCUT2D eigenvalue weighted by Crippen LogP contribution is -3.16. The van der Waals surface area contributed by atoms with E-state index in [4.69, 9.17) is 13.0 Å². The molecule has 0 aromatic heterocycles. The summed E-state index contributed by atoms with van der Waals surface area (Å²) in [5.41, 5.74) is 0. The second-order valence-corrected chi connectivity index (χ2v) is 6.37. The number of unbranched alkanes of at least 4 members (excludes halogenated alkanes) is 2. The molecular weight excluding hydrogens is 238 g/mol. The third kappa shape index (κ3) is 12.1. The molecule has 1 fully saturated rings. The van der Waals surface area contributed by atoms with Crippen LogP contribution in [0.3, 0.4) is 0 Å². The van der Waals surface area contributed by atoms with E-state index in [1.165, 1.54) is 51.6 Å². The molecule has 0 aromatic carbocycles. The molecular formula is C12H27NO3S. The first-order valence-corrected chi connectivity index (χ1v) is 8.41. The van der Waals surface area contributed by atoms with Gasteiger partial charge in [-0.1, -0.05) is 13.3 Å². The van der Waals surface area contributed by atoms with Crippen LogP contribution in [0.25, 0.3) is 0 Å². The largest absolute Gasteiger partial charge is 0.748 e. The van der Waals surface area contributed by atoms with Crippen molar-refractivity contribution in [3.05, 3.63) is 0 Å². The van der Waals surface area contributed by atoms with Crippen molar-refractivity contribution in [1.82, 2.24) is 0 Å². The Hall–Kier alpha value is -0.130. The number of hydrogen-bond donors (Lipinski definition) is 1. The average molecular weight is 265 g/mol. The predicted molar refractivity (Wildman–Crippen MR) is 69.2 cm³/mol. The monoisotopic (exact) mass is 265 g/mol. The molecule has 17 heavy (non-hydrogen) atoms. The molecule has 1 heterocycles. The molecule has 2 unspecified atom stereocenters. The van der Waals surface area contributed by atoms with Gasteiger partial charge in [0.05, 0.1) is 29.2 Å². The number of likely N-dealkylation sites (tertiary alicyclic amines) is 1. The van der Waals surface area contributed by atoms with E-state index in [9.17, 15) is 0 Å². The third-order valence-corrected chi connectivity index (χ3v) is 3.18. The molecule has 1 aliphatic heterocycles. The SMILES string of the molecule is CCCCC[NH+]1CCCCC1C.CS(=O)(=O)[O-]. The fourth-order valence-corrected chi connectivity index (χ4v) is 2.23. The number of quaternary nitrogens is 1. The topological polar surface area (TPSA) is 61.6 Å². The first-order chi connectivity index (χ1) is 7.84. The van der Waals surface area contributed by atoms with Gasteiger partial charge in [-0.2, -0.15) is 0 Å². The second kappa shape index (κ2) is 8.89. The maximum Gasteiger partial charge on any atom is 0.0916 e. The molecule has 0 saturated carbocycles. The summed E-state index contributed by atoms with van der Waals surface area (Å²) in [6.45, 7) is 7.56. The van der Waals surface area contributed by atoms with Gasteiger partial charge in [0.1, 0.15) is 0 Å². The Morgan fingerprint density at radius 2 is 1.88 bits per heavy atom. The first-order valence-electron chi connectivity index (χ1n) is 6.60. The summed E-state index contributed by atoms with van der Waals surface area (Å²) in [6.07, 6.45) is 9.23. The van der Waals surface area contributed by atoms with Crippen molar-refractivity contribution in [3.8, 4) is 0 Å². The summed E-state index contributed by atoms with van der Waals surface area (Å²) in [7, 11) is -3.92. The number of rotatable bonds is 4. The van der Waals surface area contributed by atoms with E-state index < -0.39 is 10.1 Å². The van der Waals surface area contributed by atoms with E-state index in [1.54, 1.807) is 0 Å². The minimum absolute atomic E-state index is 0.604. The molecule has 1 N–H and O–H groups in total. The van der Waals surface area contributed by atoms with Crippen LogP contribution in [-0.4, -0.2) is 38.4 Å². The highest BCUT2D eigenvalue weighted by Gasteiger charge is 2.20. The van der Waals surface area contributed by atoms with E-state index in [-0.39, 0.29) is 0 Å². The molecule has 0 bridgehead atoms. The van der Waals surface area contributed by atoms with Crippen LogP contribution >= 0.6 is 0 Å².